The fourth-order valence-corrected chi connectivity index (χ4v) is 3.62. The van der Waals surface area contributed by atoms with Crippen molar-refractivity contribution in [2.75, 3.05) is 45.9 Å². The highest BCUT2D eigenvalue weighted by molar-refractivity contribution is 5.80. The molecule has 1 fully saturated rings. The van der Waals surface area contributed by atoms with E-state index in [1.807, 2.05) is 42.1 Å². The number of guanidine groups is 1. The Morgan fingerprint density at radius 3 is 2.48 bits per heavy atom. The van der Waals surface area contributed by atoms with Crippen molar-refractivity contribution >= 4 is 5.96 Å². The molecule has 1 saturated heterocycles. The van der Waals surface area contributed by atoms with Gasteiger partial charge in [0.25, 0.3) is 0 Å². The summed E-state index contributed by atoms with van der Waals surface area (Å²) in [5.41, 5.74) is 3.47. The fraction of sp³-hybridized carbons (Fsp3) is 0.545. The molecule has 1 aliphatic heterocycles. The Hall–Kier alpha value is -2.54. The lowest BCUT2D eigenvalue weighted by Gasteiger charge is -2.36. The van der Waals surface area contributed by atoms with E-state index in [9.17, 15) is 0 Å². The number of rotatable bonds is 7. The lowest BCUT2D eigenvalue weighted by Crippen LogP contribution is -2.53. The van der Waals surface area contributed by atoms with E-state index in [0.29, 0.717) is 6.54 Å². The number of nitrogens with one attached hydrogen (secondary N) is 1. The molecule has 158 valence electrons. The van der Waals surface area contributed by atoms with Crippen LogP contribution in [0.15, 0.2) is 35.3 Å². The molecule has 0 saturated carbocycles. The predicted molar refractivity (Wildman–Crippen MR) is 117 cm³/mol. The number of ether oxygens (including phenoxy) is 1. The van der Waals surface area contributed by atoms with Crippen LogP contribution in [0.4, 0.5) is 0 Å². The van der Waals surface area contributed by atoms with Crippen molar-refractivity contribution < 1.29 is 4.74 Å². The number of aliphatic imine (C=N–C) groups is 1. The number of aromatic nitrogens is 2. The minimum absolute atomic E-state index is 0.666. The molecule has 3 rings (SSSR count). The fourth-order valence-electron chi connectivity index (χ4n) is 3.62. The van der Waals surface area contributed by atoms with E-state index in [4.69, 9.17) is 9.73 Å². The molecule has 1 aromatic heterocycles. The molecule has 0 aliphatic carbocycles. The van der Waals surface area contributed by atoms with E-state index in [0.717, 1.165) is 63.3 Å². The Bertz CT molecular complexity index is 793. The van der Waals surface area contributed by atoms with E-state index in [-0.39, 0.29) is 0 Å². The van der Waals surface area contributed by atoms with Crippen LogP contribution in [0, 0.1) is 13.8 Å². The molecule has 1 N–H and O–H groups in total. The zero-order valence-corrected chi connectivity index (χ0v) is 18.2. The third-order valence-corrected chi connectivity index (χ3v) is 5.47. The van der Waals surface area contributed by atoms with Crippen LogP contribution in [0.5, 0.6) is 5.75 Å². The Morgan fingerprint density at radius 2 is 1.86 bits per heavy atom. The molecular weight excluding hydrogens is 364 g/mol. The van der Waals surface area contributed by atoms with Gasteiger partial charge in [0.15, 0.2) is 5.96 Å². The molecule has 0 radical (unpaired) electrons. The van der Waals surface area contributed by atoms with Crippen molar-refractivity contribution in [3.05, 3.63) is 47.3 Å². The summed E-state index contributed by atoms with van der Waals surface area (Å²) in [5, 5.41) is 7.96. The Labute approximate surface area is 174 Å². The number of hydrogen-bond acceptors (Lipinski definition) is 4. The summed E-state index contributed by atoms with van der Waals surface area (Å²) in [4.78, 5) is 9.72. The molecule has 0 atom stereocenters. The molecule has 0 amide bonds. The maximum absolute atomic E-state index is 5.83. The van der Waals surface area contributed by atoms with Gasteiger partial charge in [0.2, 0.25) is 0 Å². The molecule has 0 spiro atoms. The van der Waals surface area contributed by atoms with Crippen molar-refractivity contribution in [3.63, 3.8) is 0 Å². The average Bonchev–Trinajstić information content (AvgIpc) is 2.98. The van der Waals surface area contributed by atoms with Crippen LogP contribution >= 0.6 is 0 Å². The van der Waals surface area contributed by atoms with Gasteiger partial charge in [0.05, 0.1) is 12.2 Å². The van der Waals surface area contributed by atoms with Crippen molar-refractivity contribution in [1.82, 2.24) is 24.9 Å². The van der Waals surface area contributed by atoms with Gasteiger partial charge >= 0.3 is 0 Å². The minimum Gasteiger partial charge on any atom is -0.492 e. The van der Waals surface area contributed by atoms with Gasteiger partial charge in [0.1, 0.15) is 12.4 Å². The highest BCUT2D eigenvalue weighted by Gasteiger charge is 2.20. The van der Waals surface area contributed by atoms with Crippen LogP contribution in [0.1, 0.15) is 23.9 Å². The second-order valence-electron chi connectivity index (χ2n) is 7.43. The Morgan fingerprint density at radius 1 is 1.14 bits per heavy atom. The van der Waals surface area contributed by atoms with E-state index in [2.05, 4.69) is 41.0 Å². The van der Waals surface area contributed by atoms with E-state index >= 15 is 0 Å². The van der Waals surface area contributed by atoms with Crippen LogP contribution in [0.2, 0.25) is 0 Å². The summed E-state index contributed by atoms with van der Waals surface area (Å²) in [6.07, 6.45) is 0. The Balaban J connectivity index is 1.50. The smallest absolute Gasteiger partial charge is 0.194 e. The largest absolute Gasteiger partial charge is 0.492 e. The van der Waals surface area contributed by atoms with Crippen LogP contribution in [0.3, 0.4) is 0 Å². The first-order valence-corrected chi connectivity index (χ1v) is 10.5. The quantitative estimate of drug-likeness (QED) is 0.572. The highest BCUT2D eigenvalue weighted by atomic mass is 16.5. The van der Waals surface area contributed by atoms with Gasteiger partial charge in [-0.15, -0.1) is 0 Å². The SMILES string of the molecule is CCNC(=NCc1c(C)nn(C)c1C)N1CCN(CCOc2ccccc2)CC1. The summed E-state index contributed by atoms with van der Waals surface area (Å²) in [5.74, 6) is 1.93. The molecule has 1 aromatic carbocycles. The standard InChI is InChI=1S/C22H34N6O/c1-5-23-22(24-17-21-18(2)25-26(4)19(21)3)28-13-11-27(12-14-28)15-16-29-20-9-7-6-8-10-20/h6-10H,5,11-17H2,1-4H3,(H,23,24). The van der Waals surface area contributed by atoms with Gasteiger partial charge in [0, 0.05) is 57.6 Å². The lowest BCUT2D eigenvalue weighted by molar-refractivity contribution is 0.152. The second kappa shape index (κ2) is 10.3. The van der Waals surface area contributed by atoms with E-state index in [1.165, 1.54) is 11.3 Å². The summed E-state index contributed by atoms with van der Waals surface area (Å²) >= 11 is 0. The first-order chi connectivity index (χ1) is 14.1. The number of para-hydroxylation sites is 1. The molecule has 0 unspecified atom stereocenters. The van der Waals surface area contributed by atoms with Crippen LogP contribution in [0.25, 0.3) is 0 Å². The summed E-state index contributed by atoms with van der Waals surface area (Å²) in [7, 11) is 1.99. The molecule has 2 heterocycles. The number of benzene rings is 1. The van der Waals surface area contributed by atoms with Crippen molar-refractivity contribution in [1.29, 1.82) is 0 Å². The van der Waals surface area contributed by atoms with E-state index in [1.54, 1.807) is 0 Å². The zero-order valence-electron chi connectivity index (χ0n) is 18.2. The summed E-state index contributed by atoms with van der Waals surface area (Å²) in [6.45, 7) is 13.5. The van der Waals surface area contributed by atoms with E-state index < -0.39 is 0 Å². The molecule has 2 aromatic rings. The first kappa shape index (κ1) is 21.2. The molecule has 29 heavy (non-hydrogen) atoms. The number of piperazine rings is 1. The first-order valence-electron chi connectivity index (χ1n) is 10.5. The van der Waals surface area contributed by atoms with Gasteiger partial charge in [-0.3, -0.25) is 9.58 Å². The second-order valence-corrected chi connectivity index (χ2v) is 7.43. The number of nitrogens with zero attached hydrogens (tertiary/aromatic N) is 5. The predicted octanol–water partition coefficient (Wildman–Crippen LogP) is 2.20. The maximum Gasteiger partial charge on any atom is 0.194 e. The average molecular weight is 399 g/mol. The van der Waals surface area contributed by atoms with Crippen molar-refractivity contribution in [2.24, 2.45) is 12.0 Å². The topological polar surface area (TPSA) is 57.9 Å². The van der Waals surface area contributed by atoms with Gasteiger partial charge in [-0.25, -0.2) is 4.99 Å². The molecular formula is C22H34N6O. The van der Waals surface area contributed by atoms with Crippen molar-refractivity contribution in [2.45, 2.75) is 27.3 Å². The van der Waals surface area contributed by atoms with Gasteiger partial charge in [-0.05, 0) is 32.9 Å². The van der Waals surface area contributed by atoms with Crippen LogP contribution in [-0.2, 0) is 13.6 Å². The van der Waals surface area contributed by atoms with Gasteiger partial charge < -0.3 is 15.0 Å². The number of aryl methyl sites for hydroxylation is 2. The lowest BCUT2D eigenvalue weighted by atomic mass is 10.2. The zero-order chi connectivity index (χ0) is 20.6. The third-order valence-electron chi connectivity index (χ3n) is 5.47. The van der Waals surface area contributed by atoms with Crippen LogP contribution in [-0.4, -0.2) is 71.4 Å². The monoisotopic (exact) mass is 398 g/mol. The number of hydrogen-bond donors (Lipinski definition) is 1. The molecule has 7 nitrogen and oxygen atoms in total. The summed E-state index contributed by atoms with van der Waals surface area (Å²) in [6, 6.07) is 10.0. The maximum atomic E-state index is 5.83. The third kappa shape index (κ3) is 5.73. The minimum atomic E-state index is 0.666. The Kier molecular flexibility index (Phi) is 7.52. The normalized spacial score (nSPS) is 15.6. The highest BCUT2D eigenvalue weighted by Crippen LogP contribution is 2.14. The summed E-state index contributed by atoms with van der Waals surface area (Å²) < 4.78 is 7.77. The molecule has 0 bridgehead atoms. The molecule has 1 aliphatic rings. The van der Waals surface area contributed by atoms with Gasteiger partial charge in [-0.2, -0.15) is 5.10 Å². The van der Waals surface area contributed by atoms with Gasteiger partial charge in [-0.1, -0.05) is 18.2 Å². The van der Waals surface area contributed by atoms with Crippen LogP contribution < -0.4 is 10.1 Å². The van der Waals surface area contributed by atoms with Crippen molar-refractivity contribution in [3.8, 4) is 5.75 Å². The molecule has 7 heteroatoms.